The van der Waals surface area contributed by atoms with Crippen LogP contribution in [0.15, 0.2) is 29.1 Å². The highest BCUT2D eigenvalue weighted by molar-refractivity contribution is 5.39. The van der Waals surface area contributed by atoms with E-state index in [4.69, 9.17) is 6.42 Å². The summed E-state index contributed by atoms with van der Waals surface area (Å²) in [5, 5.41) is 0. The van der Waals surface area contributed by atoms with Crippen LogP contribution in [-0.4, -0.2) is 21.4 Å². The highest BCUT2D eigenvalue weighted by atomic mass is 19.4. The van der Waals surface area contributed by atoms with E-state index in [-0.39, 0.29) is 17.8 Å². The molecular weight excluding hydrogens is 319 g/mol. The standard InChI is InChI=1S/C17H14F3N3O/c1-2-11-5-3-4-6-12(11)9-23-8-7-14-13(10-23)15(24)22-16(21-14)17(18,19)20/h1,3-6H,7-10H2,(H,21,22,24). The molecule has 0 amide bonds. The van der Waals surface area contributed by atoms with E-state index in [1.807, 2.05) is 34.1 Å². The molecule has 0 radical (unpaired) electrons. The van der Waals surface area contributed by atoms with Crippen LogP contribution in [0.1, 0.15) is 28.2 Å². The topological polar surface area (TPSA) is 49.0 Å². The van der Waals surface area contributed by atoms with Crippen molar-refractivity contribution in [1.29, 1.82) is 0 Å². The summed E-state index contributed by atoms with van der Waals surface area (Å²) < 4.78 is 38.2. The van der Waals surface area contributed by atoms with Crippen molar-refractivity contribution in [3.63, 3.8) is 0 Å². The largest absolute Gasteiger partial charge is 0.449 e. The minimum absolute atomic E-state index is 0.215. The fourth-order valence-electron chi connectivity index (χ4n) is 2.79. The summed E-state index contributed by atoms with van der Waals surface area (Å²) in [4.78, 5) is 19.4. The molecule has 0 unspecified atom stereocenters. The van der Waals surface area contributed by atoms with Crippen LogP contribution in [0.3, 0.4) is 0 Å². The van der Waals surface area contributed by atoms with E-state index in [0.717, 1.165) is 11.1 Å². The molecule has 4 nitrogen and oxygen atoms in total. The normalized spacial score (nSPS) is 14.9. The number of alkyl halides is 3. The Morgan fingerprint density at radius 3 is 2.79 bits per heavy atom. The first kappa shape index (κ1) is 16.3. The van der Waals surface area contributed by atoms with Crippen LogP contribution in [0.25, 0.3) is 0 Å². The highest BCUT2D eigenvalue weighted by Crippen LogP contribution is 2.26. The maximum atomic E-state index is 12.7. The quantitative estimate of drug-likeness (QED) is 0.858. The predicted molar refractivity (Wildman–Crippen MR) is 82.1 cm³/mol. The third-order valence-corrected chi connectivity index (χ3v) is 3.98. The van der Waals surface area contributed by atoms with Gasteiger partial charge in [0.15, 0.2) is 0 Å². The number of hydrogen-bond donors (Lipinski definition) is 1. The summed E-state index contributed by atoms with van der Waals surface area (Å²) in [5.41, 5.74) is 1.48. The van der Waals surface area contributed by atoms with Crippen molar-refractivity contribution < 1.29 is 13.2 Å². The fraction of sp³-hybridized carbons (Fsp3) is 0.294. The van der Waals surface area contributed by atoms with Crippen LogP contribution in [0.4, 0.5) is 13.2 Å². The first-order chi connectivity index (χ1) is 11.4. The Balaban J connectivity index is 1.85. The SMILES string of the molecule is C#Cc1ccccc1CN1CCc2nc(C(F)(F)F)[nH]c(=O)c2C1. The van der Waals surface area contributed by atoms with E-state index in [0.29, 0.717) is 19.5 Å². The number of H-pyrrole nitrogens is 1. The molecule has 0 aliphatic carbocycles. The van der Waals surface area contributed by atoms with Gasteiger partial charge in [-0.15, -0.1) is 6.42 Å². The maximum absolute atomic E-state index is 12.7. The molecule has 7 heteroatoms. The van der Waals surface area contributed by atoms with Gasteiger partial charge in [0.2, 0.25) is 5.82 Å². The highest BCUT2D eigenvalue weighted by Gasteiger charge is 2.35. The van der Waals surface area contributed by atoms with Crippen molar-refractivity contribution in [2.24, 2.45) is 0 Å². The first-order valence-corrected chi connectivity index (χ1v) is 7.34. The van der Waals surface area contributed by atoms with E-state index in [1.54, 1.807) is 0 Å². The first-order valence-electron chi connectivity index (χ1n) is 7.34. The third kappa shape index (κ3) is 3.19. The number of benzene rings is 1. The molecule has 1 N–H and O–H groups in total. The van der Waals surface area contributed by atoms with E-state index < -0.39 is 17.6 Å². The summed E-state index contributed by atoms with van der Waals surface area (Å²) in [6, 6.07) is 7.45. The summed E-state index contributed by atoms with van der Waals surface area (Å²) >= 11 is 0. The lowest BCUT2D eigenvalue weighted by molar-refractivity contribution is -0.145. The average molecular weight is 333 g/mol. The van der Waals surface area contributed by atoms with Crippen molar-refractivity contribution in [3.8, 4) is 12.3 Å². The average Bonchev–Trinajstić information content (AvgIpc) is 2.55. The van der Waals surface area contributed by atoms with Gasteiger partial charge >= 0.3 is 6.18 Å². The molecule has 24 heavy (non-hydrogen) atoms. The number of aromatic nitrogens is 2. The zero-order valence-electron chi connectivity index (χ0n) is 12.7. The molecule has 1 aliphatic heterocycles. The van der Waals surface area contributed by atoms with Gasteiger partial charge in [-0.3, -0.25) is 9.69 Å². The molecule has 124 valence electrons. The molecule has 0 saturated carbocycles. The van der Waals surface area contributed by atoms with Gasteiger partial charge in [-0.2, -0.15) is 13.2 Å². The summed E-state index contributed by atoms with van der Waals surface area (Å²) in [7, 11) is 0. The Labute approximate surface area is 136 Å². The molecule has 0 spiro atoms. The Bertz CT molecular complexity index is 865. The molecule has 0 atom stereocenters. The number of terminal acetylenes is 1. The number of halogens is 3. The maximum Gasteiger partial charge on any atom is 0.449 e. The summed E-state index contributed by atoms with van der Waals surface area (Å²) in [6.07, 6.45) is 1.11. The van der Waals surface area contributed by atoms with Gasteiger partial charge in [-0.05, 0) is 11.6 Å². The van der Waals surface area contributed by atoms with Crippen LogP contribution >= 0.6 is 0 Å². The van der Waals surface area contributed by atoms with Gasteiger partial charge in [-0.1, -0.05) is 24.1 Å². The van der Waals surface area contributed by atoms with E-state index in [9.17, 15) is 18.0 Å². The van der Waals surface area contributed by atoms with Crippen LogP contribution in [0, 0.1) is 12.3 Å². The molecule has 2 aromatic rings. The second-order valence-corrected chi connectivity index (χ2v) is 5.60. The van der Waals surface area contributed by atoms with Crippen LogP contribution in [0.2, 0.25) is 0 Å². The van der Waals surface area contributed by atoms with Crippen LogP contribution in [0.5, 0.6) is 0 Å². The minimum Gasteiger partial charge on any atom is -0.303 e. The Kier molecular flexibility index (Phi) is 4.16. The van der Waals surface area contributed by atoms with Gasteiger partial charge in [0.25, 0.3) is 5.56 Å². The molecule has 3 rings (SSSR count). The van der Waals surface area contributed by atoms with Crippen LogP contribution in [-0.2, 0) is 25.7 Å². The lowest BCUT2D eigenvalue weighted by Crippen LogP contribution is -2.36. The molecule has 2 heterocycles. The Hall–Kier alpha value is -2.59. The van der Waals surface area contributed by atoms with Gasteiger partial charge in [0.05, 0.1) is 11.3 Å². The zero-order valence-corrected chi connectivity index (χ0v) is 12.7. The molecule has 1 aromatic carbocycles. The Morgan fingerprint density at radius 1 is 1.33 bits per heavy atom. The summed E-state index contributed by atoms with van der Waals surface area (Å²) in [5.74, 6) is 1.37. The number of fused-ring (bicyclic) bond motifs is 1. The number of nitrogens with zero attached hydrogens (tertiary/aromatic N) is 2. The van der Waals surface area contributed by atoms with Crippen molar-refractivity contribution in [3.05, 3.63) is 62.8 Å². The monoisotopic (exact) mass is 333 g/mol. The van der Waals surface area contributed by atoms with E-state index in [1.165, 1.54) is 0 Å². The van der Waals surface area contributed by atoms with Gasteiger partial charge in [-0.25, -0.2) is 4.98 Å². The number of hydrogen-bond acceptors (Lipinski definition) is 3. The second-order valence-electron chi connectivity index (χ2n) is 5.60. The van der Waals surface area contributed by atoms with Gasteiger partial charge in [0, 0.05) is 31.6 Å². The fourth-order valence-corrected chi connectivity index (χ4v) is 2.79. The molecule has 1 aliphatic rings. The zero-order chi connectivity index (χ0) is 17.3. The van der Waals surface area contributed by atoms with Gasteiger partial charge < -0.3 is 4.98 Å². The molecule has 0 fully saturated rings. The van der Waals surface area contributed by atoms with Crippen molar-refractivity contribution in [2.45, 2.75) is 25.7 Å². The minimum atomic E-state index is -4.66. The lowest BCUT2D eigenvalue weighted by atomic mass is 10.0. The predicted octanol–water partition coefficient (Wildman–Crippen LogP) is 2.33. The van der Waals surface area contributed by atoms with Crippen molar-refractivity contribution in [1.82, 2.24) is 14.9 Å². The number of aromatic amines is 1. The smallest absolute Gasteiger partial charge is 0.303 e. The van der Waals surface area contributed by atoms with Crippen LogP contribution < -0.4 is 5.56 Å². The van der Waals surface area contributed by atoms with Crippen molar-refractivity contribution >= 4 is 0 Å². The van der Waals surface area contributed by atoms with E-state index >= 15 is 0 Å². The van der Waals surface area contributed by atoms with Crippen molar-refractivity contribution in [2.75, 3.05) is 6.54 Å². The molecule has 1 aromatic heterocycles. The van der Waals surface area contributed by atoms with E-state index in [2.05, 4.69) is 10.9 Å². The molecule has 0 bridgehead atoms. The number of rotatable bonds is 2. The third-order valence-electron chi connectivity index (χ3n) is 3.98. The Morgan fingerprint density at radius 2 is 2.08 bits per heavy atom. The summed E-state index contributed by atoms with van der Waals surface area (Å²) in [6.45, 7) is 1.29. The lowest BCUT2D eigenvalue weighted by Gasteiger charge is -2.28. The molecular formula is C17H14F3N3O. The molecule has 0 saturated heterocycles. The van der Waals surface area contributed by atoms with Gasteiger partial charge in [0.1, 0.15) is 0 Å². The second kappa shape index (κ2) is 6.13. The number of nitrogens with one attached hydrogen (secondary N) is 1.